The van der Waals surface area contributed by atoms with Gasteiger partial charge in [-0.05, 0) is 25.8 Å². The van der Waals surface area contributed by atoms with Gasteiger partial charge in [0.1, 0.15) is 6.04 Å². The molecule has 0 aliphatic carbocycles. The van der Waals surface area contributed by atoms with Crippen molar-refractivity contribution in [1.29, 1.82) is 0 Å². The maximum atomic E-state index is 12.5. The van der Waals surface area contributed by atoms with E-state index in [0.29, 0.717) is 12.0 Å². The average molecular weight is 314 g/mol. The summed E-state index contributed by atoms with van der Waals surface area (Å²) in [6.45, 7) is 1.60. The van der Waals surface area contributed by atoms with Crippen molar-refractivity contribution in [3.05, 3.63) is 33.9 Å². The SMILES string of the molecule is Cc1ccc(S(=O)(=O)N2CCC[C@H]2C(=O)O)cc1[N+](=O)[O-]. The van der Waals surface area contributed by atoms with Crippen LogP contribution in [0.15, 0.2) is 23.1 Å². The van der Waals surface area contributed by atoms with Gasteiger partial charge in [0.25, 0.3) is 5.69 Å². The molecule has 0 radical (unpaired) electrons. The highest BCUT2D eigenvalue weighted by atomic mass is 32.2. The molecule has 114 valence electrons. The van der Waals surface area contributed by atoms with Gasteiger partial charge >= 0.3 is 5.97 Å². The zero-order valence-corrected chi connectivity index (χ0v) is 12.0. The maximum Gasteiger partial charge on any atom is 0.322 e. The van der Waals surface area contributed by atoms with Gasteiger partial charge in [0.05, 0.1) is 9.82 Å². The van der Waals surface area contributed by atoms with Gasteiger partial charge in [-0.3, -0.25) is 14.9 Å². The van der Waals surface area contributed by atoms with E-state index in [0.717, 1.165) is 10.4 Å². The Labute approximate surface area is 121 Å². The van der Waals surface area contributed by atoms with Crippen LogP contribution in [0.25, 0.3) is 0 Å². The molecule has 1 saturated heterocycles. The van der Waals surface area contributed by atoms with E-state index in [1.54, 1.807) is 0 Å². The third-order valence-electron chi connectivity index (χ3n) is 3.47. The first-order valence-electron chi connectivity index (χ1n) is 6.25. The molecule has 1 aliphatic rings. The molecule has 0 unspecified atom stereocenters. The second kappa shape index (κ2) is 5.41. The Morgan fingerprint density at radius 1 is 1.48 bits per heavy atom. The summed E-state index contributed by atoms with van der Waals surface area (Å²) >= 11 is 0. The molecule has 8 nitrogen and oxygen atoms in total. The summed E-state index contributed by atoms with van der Waals surface area (Å²) in [6.07, 6.45) is 0.687. The van der Waals surface area contributed by atoms with Crippen molar-refractivity contribution < 1.29 is 23.2 Å². The normalized spacial score (nSPS) is 19.6. The number of carboxylic acid groups (broad SMARTS) is 1. The molecule has 1 heterocycles. The van der Waals surface area contributed by atoms with Crippen LogP contribution in [-0.4, -0.2) is 41.3 Å². The van der Waals surface area contributed by atoms with Crippen molar-refractivity contribution in [2.24, 2.45) is 0 Å². The molecule has 0 saturated carbocycles. The highest BCUT2D eigenvalue weighted by Crippen LogP contribution is 2.29. The van der Waals surface area contributed by atoms with E-state index in [-0.39, 0.29) is 23.5 Å². The van der Waals surface area contributed by atoms with Crippen molar-refractivity contribution in [3.8, 4) is 0 Å². The molecule has 1 atom stereocenters. The second-order valence-electron chi connectivity index (χ2n) is 4.82. The van der Waals surface area contributed by atoms with E-state index in [4.69, 9.17) is 5.11 Å². The number of hydrogen-bond acceptors (Lipinski definition) is 5. The van der Waals surface area contributed by atoms with Gasteiger partial charge in [0.2, 0.25) is 10.0 Å². The van der Waals surface area contributed by atoms with Gasteiger partial charge in [0, 0.05) is 18.2 Å². The molecule has 1 aromatic rings. The lowest BCUT2D eigenvalue weighted by Crippen LogP contribution is -2.40. The molecular formula is C12H14N2O6S. The monoisotopic (exact) mass is 314 g/mol. The molecule has 1 aromatic carbocycles. The molecule has 0 spiro atoms. The van der Waals surface area contributed by atoms with Crippen molar-refractivity contribution in [3.63, 3.8) is 0 Å². The van der Waals surface area contributed by atoms with Gasteiger partial charge in [0.15, 0.2) is 0 Å². The van der Waals surface area contributed by atoms with Crippen LogP contribution in [0.5, 0.6) is 0 Å². The fourth-order valence-electron chi connectivity index (χ4n) is 2.36. The molecule has 0 aromatic heterocycles. The van der Waals surface area contributed by atoms with Crippen molar-refractivity contribution in [2.75, 3.05) is 6.54 Å². The van der Waals surface area contributed by atoms with E-state index in [2.05, 4.69) is 0 Å². The Bertz CT molecular complexity index is 700. The van der Waals surface area contributed by atoms with Gasteiger partial charge in [-0.25, -0.2) is 8.42 Å². The first-order chi connectivity index (χ1) is 9.75. The van der Waals surface area contributed by atoms with Crippen molar-refractivity contribution in [1.82, 2.24) is 4.31 Å². The molecular weight excluding hydrogens is 300 g/mol. The Hall–Kier alpha value is -2.00. The standard InChI is InChI=1S/C12H14N2O6S/c1-8-4-5-9(7-11(8)14(17)18)21(19,20)13-6-2-3-10(13)12(15)16/h4-5,7,10H,2-3,6H2,1H3,(H,15,16)/t10-/m0/s1. The summed E-state index contributed by atoms with van der Waals surface area (Å²) in [7, 11) is -4.06. The predicted molar refractivity (Wildman–Crippen MR) is 72.4 cm³/mol. The van der Waals surface area contributed by atoms with Crippen LogP contribution in [0.1, 0.15) is 18.4 Å². The van der Waals surface area contributed by atoms with Gasteiger partial charge < -0.3 is 5.11 Å². The second-order valence-corrected chi connectivity index (χ2v) is 6.71. The molecule has 1 aliphatic heterocycles. The summed E-state index contributed by atoms with van der Waals surface area (Å²) in [5.41, 5.74) is 0.0392. The molecule has 2 rings (SSSR count). The van der Waals surface area contributed by atoms with E-state index in [1.165, 1.54) is 19.1 Å². The lowest BCUT2D eigenvalue weighted by molar-refractivity contribution is -0.385. The molecule has 1 fully saturated rings. The number of carbonyl (C=O) groups is 1. The fraction of sp³-hybridized carbons (Fsp3) is 0.417. The molecule has 21 heavy (non-hydrogen) atoms. The molecule has 0 amide bonds. The highest BCUT2D eigenvalue weighted by Gasteiger charge is 2.39. The van der Waals surface area contributed by atoms with E-state index >= 15 is 0 Å². The van der Waals surface area contributed by atoms with Gasteiger partial charge in [-0.2, -0.15) is 4.31 Å². The maximum absolute atomic E-state index is 12.5. The summed E-state index contributed by atoms with van der Waals surface area (Å²) in [5, 5.41) is 20.0. The van der Waals surface area contributed by atoms with E-state index in [9.17, 15) is 23.3 Å². The Balaban J connectivity index is 2.47. The van der Waals surface area contributed by atoms with E-state index < -0.39 is 27.0 Å². The zero-order valence-electron chi connectivity index (χ0n) is 11.2. The number of carboxylic acids is 1. The molecule has 9 heteroatoms. The zero-order chi connectivity index (χ0) is 15.8. The minimum Gasteiger partial charge on any atom is -0.480 e. The summed E-state index contributed by atoms with van der Waals surface area (Å²) in [5.74, 6) is -1.21. The van der Waals surface area contributed by atoms with Crippen LogP contribution in [0.2, 0.25) is 0 Å². The highest BCUT2D eigenvalue weighted by molar-refractivity contribution is 7.89. The third-order valence-corrected chi connectivity index (χ3v) is 5.38. The number of rotatable bonds is 4. The number of nitro benzene ring substituents is 1. The number of aliphatic carboxylic acids is 1. The summed E-state index contributed by atoms with van der Waals surface area (Å²) in [4.78, 5) is 21.1. The number of aryl methyl sites for hydroxylation is 1. The number of nitro groups is 1. The first kappa shape index (κ1) is 15.4. The van der Waals surface area contributed by atoms with Crippen molar-refractivity contribution in [2.45, 2.75) is 30.7 Å². The quantitative estimate of drug-likeness (QED) is 0.657. The lowest BCUT2D eigenvalue weighted by atomic mass is 10.2. The Morgan fingerprint density at radius 2 is 2.14 bits per heavy atom. The van der Waals surface area contributed by atoms with Gasteiger partial charge in [-0.15, -0.1) is 0 Å². The topological polar surface area (TPSA) is 118 Å². The number of sulfonamides is 1. The van der Waals surface area contributed by atoms with Crippen LogP contribution < -0.4 is 0 Å². The van der Waals surface area contributed by atoms with Crippen molar-refractivity contribution >= 4 is 21.7 Å². The summed E-state index contributed by atoms with van der Waals surface area (Å²) in [6, 6.07) is 2.46. The predicted octanol–water partition coefficient (Wildman–Crippen LogP) is 1.14. The number of nitrogens with zero attached hydrogens (tertiary/aromatic N) is 2. The van der Waals surface area contributed by atoms with Crippen LogP contribution in [0.4, 0.5) is 5.69 Å². The first-order valence-corrected chi connectivity index (χ1v) is 7.69. The lowest BCUT2D eigenvalue weighted by Gasteiger charge is -2.20. The fourth-order valence-corrected chi connectivity index (χ4v) is 4.03. The van der Waals surface area contributed by atoms with Crippen LogP contribution in [0.3, 0.4) is 0 Å². The molecule has 1 N–H and O–H groups in total. The average Bonchev–Trinajstić information content (AvgIpc) is 2.88. The summed E-state index contributed by atoms with van der Waals surface area (Å²) < 4.78 is 25.8. The third kappa shape index (κ3) is 2.74. The minimum atomic E-state index is -4.06. The molecule has 0 bridgehead atoms. The van der Waals surface area contributed by atoms with Crippen LogP contribution in [0, 0.1) is 17.0 Å². The Kier molecular flexibility index (Phi) is 3.97. The number of benzene rings is 1. The minimum absolute atomic E-state index is 0.0982. The van der Waals surface area contributed by atoms with Gasteiger partial charge in [-0.1, -0.05) is 6.07 Å². The number of hydrogen-bond donors (Lipinski definition) is 1. The smallest absolute Gasteiger partial charge is 0.322 e. The van der Waals surface area contributed by atoms with Crippen LogP contribution in [-0.2, 0) is 14.8 Å². The van der Waals surface area contributed by atoms with Crippen LogP contribution >= 0.6 is 0 Å². The Morgan fingerprint density at radius 3 is 2.71 bits per heavy atom. The van der Waals surface area contributed by atoms with E-state index in [1.807, 2.05) is 0 Å². The largest absolute Gasteiger partial charge is 0.480 e.